The fraction of sp³-hybridized carbons (Fsp3) is 0.200. The lowest BCUT2D eigenvalue weighted by Crippen LogP contribution is -1.96. The second-order valence-electron chi connectivity index (χ2n) is 2.45. The van der Waals surface area contributed by atoms with Crippen LogP contribution in [0.4, 0.5) is 0 Å². The van der Waals surface area contributed by atoms with Gasteiger partial charge in [0.2, 0.25) is 0 Å². The number of ketones is 1. The second kappa shape index (κ2) is 4.30. The van der Waals surface area contributed by atoms with Gasteiger partial charge in [0.15, 0.2) is 5.78 Å². The van der Waals surface area contributed by atoms with Gasteiger partial charge in [-0.25, -0.2) is 0 Å². The Morgan fingerprint density at radius 1 is 1.33 bits per heavy atom. The molecule has 12 heavy (non-hydrogen) atoms. The van der Waals surface area contributed by atoms with Crippen LogP contribution in [0.3, 0.4) is 0 Å². The Kier molecular flexibility index (Phi) is 3.04. The third kappa shape index (κ3) is 2.21. The van der Waals surface area contributed by atoms with Crippen LogP contribution >= 0.6 is 0 Å². The summed E-state index contributed by atoms with van der Waals surface area (Å²) in [5, 5.41) is 8.26. The first-order chi connectivity index (χ1) is 5.84. The molecule has 0 heterocycles. The summed E-state index contributed by atoms with van der Waals surface area (Å²) in [5.74, 6) is 0.0390. The highest BCUT2D eigenvalue weighted by molar-refractivity contribution is 5.96. The van der Waals surface area contributed by atoms with Gasteiger partial charge in [0.25, 0.3) is 0 Å². The van der Waals surface area contributed by atoms with E-state index in [4.69, 9.17) is 5.26 Å². The minimum absolute atomic E-state index is 0.0390. The van der Waals surface area contributed by atoms with Gasteiger partial charge in [0.05, 0.1) is 6.07 Å². The molecule has 0 aromatic heterocycles. The van der Waals surface area contributed by atoms with E-state index in [9.17, 15) is 4.79 Å². The van der Waals surface area contributed by atoms with Crippen LogP contribution in [0.2, 0.25) is 0 Å². The predicted molar refractivity (Wildman–Crippen MR) is 45.6 cm³/mol. The van der Waals surface area contributed by atoms with Gasteiger partial charge in [0.1, 0.15) is 0 Å². The van der Waals surface area contributed by atoms with Crippen molar-refractivity contribution in [2.75, 3.05) is 0 Å². The average Bonchev–Trinajstić information content (AvgIpc) is 2.15. The van der Waals surface area contributed by atoms with E-state index in [0.29, 0.717) is 18.4 Å². The zero-order valence-corrected chi connectivity index (χ0v) is 6.66. The van der Waals surface area contributed by atoms with Crippen LogP contribution < -0.4 is 0 Å². The van der Waals surface area contributed by atoms with Crippen molar-refractivity contribution in [3.63, 3.8) is 0 Å². The summed E-state index contributed by atoms with van der Waals surface area (Å²) in [5.41, 5.74) is 0.688. The molecule has 0 amide bonds. The van der Waals surface area contributed by atoms with Crippen molar-refractivity contribution in [3.8, 4) is 6.07 Å². The van der Waals surface area contributed by atoms with Gasteiger partial charge < -0.3 is 0 Å². The zero-order chi connectivity index (χ0) is 8.81. The van der Waals surface area contributed by atoms with Crippen LogP contribution in [0.1, 0.15) is 23.2 Å². The summed E-state index contributed by atoms with van der Waals surface area (Å²) in [6.45, 7) is 0. The maximum absolute atomic E-state index is 11.3. The summed E-state index contributed by atoms with van der Waals surface area (Å²) in [4.78, 5) is 11.3. The van der Waals surface area contributed by atoms with Crippen molar-refractivity contribution in [2.45, 2.75) is 12.8 Å². The molecule has 2 heteroatoms. The molecule has 0 aliphatic heterocycles. The van der Waals surface area contributed by atoms with Gasteiger partial charge in [-0.2, -0.15) is 5.26 Å². The molecule has 1 aromatic rings. The maximum Gasteiger partial charge on any atom is 0.163 e. The molecule has 0 fully saturated rings. The highest BCUT2D eigenvalue weighted by Crippen LogP contribution is 2.03. The molecular weight excluding hydrogens is 150 g/mol. The van der Waals surface area contributed by atoms with E-state index < -0.39 is 0 Å². The molecule has 0 aliphatic rings. The Hall–Kier alpha value is -1.62. The first-order valence-electron chi connectivity index (χ1n) is 3.80. The molecule has 1 rings (SSSR count). The molecular formula is C10H9NO. The maximum atomic E-state index is 11.3. The van der Waals surface area contributed by atoms with Crippen LogP contribution in [-0.2, 0) is 0 Å². The lowest BCUT2D eigenvalue weighted by Gasteiger charge is -1.95. The number of Topliss-reactive ketones (excluding diaryl/α,β-unsaturated/α-hetero) is 1. The lowest BCUT2D eigenvalue weighted by atomic mass is 10.1. The van der Waals surface area contributed by atoms with E-state index in [0.717, 1.165) is 0 Å². The molecule has 0 saturated heterocycles. The molecule has 1 aromatic carbocycles. The molecule has 0 spiro atoms. The van der Waals surface area contributed by atoms with Crippen molar-refractivity contribution in [3.05, 3.63) is 35.9 Å². The molecule has 0 bridgehead atoms. The van der Waals surface area contributed by atoms with Crippen molar-refractivity contribution in [2.24, 2.45) is 0 Å². The molecule has 0 radical (unpaired) electrons. The van der Waals surface area contributed by atoms with E-state index in [2.05, 4.69) is 0 Å². The third-order valence-corrected chi connectivity index (χ3v) is 1.56. The number of nitriles is 1. The molecule has 0 unspecified atom stereocenters. The second-order valence-corrected chi connectivity index (χ2v) is 2.45. The van der Waals surface area contributed by atoms with Gasteiger partial charge in [-0.3, -0.25) is 4.79 Å². The number of hydrogen-bond acceptors (Lipinski definition) is 2. The Labute approximate surface area is 71.4 Å². The van der Waals surface area contributed by atoms with Crippen molar-refractivity contribution in [1.82, 2.24) is 0 Å². The normalized spacial score (nSPS) is 8.92. The number of carbonyl (C=O) groups is 1. The largest absolute Gasteiger partial charge is 0.294 e. The standard InChI is InChI=1S/C10H9NO/c11-8-4-7-10(12)9-5-2-1-3-6-9/h1-3,5-6H,4,7H2. The molecule has 60 valence electrons. The monoisotopic (exact) mass is 159 g/mol. The fourth-order valence-corrected chi connectivity index (χ4v) is 0.938. The molecule has 0 aliphatic carbocycles. The summed E-state index contributed by atoms with van der Waals surface area (Å²) in [6, 6.07) is 11.0. The van der Waals surface area contributed by atoms with E-state index in [1.807, 2.05) is 24.3 Å². The van der Waals surface area contributed by atoms with Crippen LogP contribution in [0, 0.1) is 11.3 Å². The molecule has 0 saturated carbocycles. The topological polar surface area (TPSA) is 40.9 Å². The van der Waals surface area contributed by atoms with Gasteiger partial charge in [-0.05, 0) is 0 Å². The Balaban J connectivity index is 2.61. The average molecular weight is 159 g/mol. The molecule has 0 atom stereocenters. The van der Waals surface area contributed by atoms with E-state index in [-0.39, 0.29) is 5.78 Å². The predicted octanol–water partition coefficient (Wildman–Crippen LogP) is 2.17. The minimum atomic E-state index is 0.0390. The first kappa shape index (κ1) is 8.48. The summed E-state index contributed by atoms with van der Waals surface area (Å²) in [6.07, 6.45) is 0.619. The minimum Gasteiger partial charge on any atom is -0.294 e. The van der Waals surface area contributed by atoms with Crippen LogP contribution in [0.15, 0.2) is 30.3 Å². The van der Waals surface area contributed by atoms with Crippen LogP contribution in [0.5, 0.6) is 0 Å². The SMILES string of the molecule is N#CCCC(=O)c1ccccc1. The van der Waals surface area contributed by atoms with Crippen LogP contribution in [-0.4, -0.2) is 5.78 Å². The van der Waals surface area contributed by atoms with E-state index in [1.165, 1.54) is 0 Å². The van der Waals surface area contributed by atoms with Gasteiger partial charge >= 0.3 is 0 Å². The number of hydrogen-bond donors (Lipinski definition) is 0. The van der Waals surface area contributed by atoms with E-state index >= 15 is 0 Å². The van der Waals surface area contributed by atoms with Gasteiger partial charge in [0, 0.05) is 18.4 Å². The Morgan fingerprint density at radius 3 is 2.58 bits per heavy atom. The summed E-state index contributed by atoms with van der Waals surface area (Å²) >= 11 is 0. The fourth-order valence-electron chi connectivity index (χ4n) is 0.938. The molecule has 2 nitrogen and oxygen atoms in total. The number of nitrogens with zero attached hydrogens (tertiary/aromatic N) is 1. The van der Waals surface area contributed by atoms with Gasteiger partial charge in [-0.15, -0.1) is 0 Å². The Bertz CT molecular complexity index is 297. The third-order valence-electron chi connectivity index (χ3n) is 1.56. The van der Waals surface area contributed by atoms with Gasteiger partial charge in [-0.1, -0.05) is 30.3 Å². The first-order valence-corrected chi connectivity index (χ1v) is 3.80. The highest BCUT2D eigenvalue weighted by Gasteiger charge is 2.02. The lowest BCUT2D eigenvalue weighted by molar-refractivity contribution is 0.0984. The highest BCUT2D eigenvalue weighted by atomic mass is 16.1. The smallest absolute Gasteiger partial charge is 0.163 e. The summed E-state index contributed by atoms with van der Waals surface area (Å²) < 4.78 is 0. The van der Waals surface area contributed by atoms with E-state index in [1.54, 1.807) is 12.1 Å². The molecule has 0 N–H and O–H groups in total. The van der Waals surface area contributed by atoms with Crippen molar-refractivity contribution >= 4 is 5.78 Å². The number of rotatable bonds is 3. The zero-order valence-electron chi connectivity index (χ0n) is 6.66. The van der Waals surface area contributed by atoms with Crippen molar-refractivity contribution in [1.29, 1.82) is 5.26 Å². The quantitative estimate of drug-likeness (QED) is 0.634. The number of carbonyl (C=O) groups excluding carboxylic acids is 1. The Morgan fingerprint density at radius 2 is 2.00 bits per heavy atom. The number of benzene rings is 1. The van der Waals surface area contributed by atoms with Crippen LogP contribution in [0.25, 0.3) is 0 Å². The summed E-state index contributed by atoms with van der Waals surface area (Å²) in [7, 11) is 0. The van der Waals surface area contributed by atoms with Crippen molar-refractivity contribution < 1.29 is 4.79 Å².